The fraction of sp³-hybridized carbons (Fsp3) is 0.154. The Kier molecular flexibility index (Phi) is 2.03. The number of aromatic nitrogens is 1. The Morgan fingerprint density at radius 2 is 1.81 bits per heavy atom. The van der Waals surface area contributed by atoms with Crippen LogP contribution >= 0.6 is 0 Å². The Balaban J connectivity index is 2.03. The predicted molar refractivity (Wildman–Crippen MR) is 60.5 cm³/mol. The van der Waals surface area contributed by atoms with Gasteiger partial charge in [-0.1, -0.05) is 12.1 Å². The molecule has 0 radical (unpaired) electrons. The van der Waals surface area contributed by atoms with E-state index in [1.807, 2.05) is 37.4 Å². The topological polar surface area (TPSA) is 31.4 Å². The molecule has 0 unspecified atom stereocenters. The third kappa shape index (κ3) is 1.50. The van der Waals surface area contributed by atoms with E-state index in [0.29, 0.717) is 6.79 Å². The van der Waals surface area contributed by atoms with Crippen LogP contribution in [0.1, 0.15) is 5.69 Å². The monoisotopic (exact) mass is 213 g/mol. The number of hydrogen-bond donors (Lipinski definition) is 0. The molecular weight excluding hydrogens is 202 g/mol. The minimum absolute atomic E-state index is 0.310. The second kappa shape index (κ2) is 3.52. The van der Waals surface area contributed by atoms with Gasteiger partial charge in [0.1, 0.15) is 0 Å². The molecule has 16 heavy (non-hydrogen) atoms. The van der Waals surface area contributed by atoms with Gasteiger partial charge in [0.05, 0.1) is 0 Å². The van der Waals surface area contributed by atoms with Gasteiger partial charge in [-0.25, -0.2) is 0 Å². The van der Waals surface area contributed by atoms with Crippen molar-refractivity contribution in [3.05, 3.63) is 42.2 Å². The Bertz CT molecular complexity index is 520. The van der Waals surface area contributed by atoms with Gasteiger partial charge in [0.2, 0.25) is 6.79 Å². The summed E-state index contributed by atoms with van der Waals surface area (Å²) in [6.45, 7) is 2.29. The van der Waals surface area contributed by atoms with Crippen molar-refractivity contribution in [3.63, 3.8) is 0 Å². The molecule has 1 aliphatic heterocycles. The van der Waals surface area contributed by atoms with Crippen molar-refractivity contribution in [1.29, 1.82) is 0 Å². The van der Waals surface area contributed by atoms with E-state index in [4.69, 9.17) is 9.47 Å². The molecule has 1 aliphatic rings. The smallest absolute Gasteiger partial charge is 0.231 e. The standard InChI is InChI=1S/C13H11NO2/c1-9-2-3-11(7-14-9)10-4-5-12-13(6-10)16-8-15-12/h2-7H,8H2,1H3. The summed E-state index contributed by atoms with van der Waals surface area (Å²) < 4.78 is 10.6. The highest BCUT2D eigenvalue weighted by Gasteiger charge is 2.13. The first kappa shape index (κ1) is 9.21. The van der Waals surface area contributed by atoms with Gasteiger partial charge in [0.15, 0.2) is 11.5 Å². The summed E-state index contributed by atoms with van der Waals surface area (Å²) in [7, 11) is 0. The maximum Gasteiger partial charge on any atom is 0.231 e. The molecule has 1 aromatic heterocycles. The fourth-order valence-corrected chi connectivity index (χ4v) is 1.71. The minimum Gasteiger partial charge on any atom is -0.454 e. The first-order valence-electron chi connectivity index (χ1n) is 5.15. The zero-order chi connectivity index (χ0) is 11.0. The second-order valence-electron chi connectivity index (χ2n) is 3.76. The molecule has 0 bridgehead atoms. The molecule has 0 atom stereocenters. The summed E-state index contributed by atoms with van der Waals surface area (Å²) in [6.07, 6.45) is 1.87. The first-order valence-corrected chi connectivity index (χ1v) is 5.15. The van der Waals surface area contributed by atoms with E-state index in [2.05, 4.69) is 11.1 Å². The highest BCUT2D eigenvalue weighted by atomic mass is 16.7. The van der Waals surface area contributed by atoms with Crippen LogP contribution in [0.25, 0.3) is 11.1 Å². The van der Waals surface area contributed by atoms with E-state index >= 15 is 0 Å². The Labute approximate surface area is 93.7 Å². The Hall–Kier alpha value is -2.03. The molecular formula is C13H11NO2. The number of nitrogens with zero attached hydrogens (tertiary/aromatic N) is 1. The van der Waals surface area contributed by atoms with E-state index in [1.54, 1.807) is 0 Å². The van der Waals surface area contributed by atoms with Crippen LogP contribution in [0.5, 0.6) is 11.5 Å². The number of benzene rings is 1. The lowest BCUT2D eigenvalue weighted by atomic mass is 10.1. The lowest BCUT2D eigenvalue weighted by Crippen LogP contribution is -1.92. The molecule has 80 valence electrons. The lowest BCUT2D eigenvalue weighted by Gasteiger charge is -2.03. The summed E-state index contributed by atoms with van der Waals surface area (Å²) in [5, 5.41) is 0. The largest absolute Gasteiger partial charge is 0.454 e. The van der Waals surface area contributed by atoms with Crippen LogP contribution in [0.3, 0.4) is 0 Å². The van der Waals surface area contributed by atoms with Crippen molar-refractivity contribution in [3.8, 4) is 22.6 Å². The summed E-state index contributed by atoms with van der Waals surface area (Å²) in [4.78, 5) is 4.28. The lowest BCUT2D eigenvalue weighted by molar-refractivity contribution is 0.174. The fourth-order valence-electron chi connectivity index (χ4n) is 1.71. The van der Waals surface area contributed by atoms with E-state index < -0.39 is 0 Å². The average molecular weight is 213 g/mol. The molecule has 0 spiro atoms. The summed E-state index contributed by atoms with van der Waals surface area (Å²) in [5.41, 5.74) is 3.20. The normalized spacial score (nSPS) is 12.8. The van der Waals surface area contributed by atoms with Crippen LogP contribution in [-0.2, 0) is 0 Å². The van der Waals surface area contributed by atoms with Gasteiger partial charge in [-0.2, -0.15) is 0 Å². The summed E-state index contributed by atoms with van der Waals surface area (Å²) in [5.74, 6) is 1.61. The quantitative estimate of drug-likeness (QED) is 0.729. The van der Waals surface area contributed by atoms with Crippen LogP contribution in [-0.4, -0.2) is 11.8 Å². The molecule has 2 aromatic rings. The molecule has 1 aromatic carbocycles. The molecule has 0 saturated heterocycles. The van der Waals surface area contributed by atoms with Crippen molar-refractivity contribution in [2.75, 3.05) is 6.79 Å². The van der Waals surface area contributed by atoms with E-state index in [0.717, 1.165) is 28.3 Å². The van der Waals surface area contributed by atoms with Crippen molar-refractivity contribution in [2.45, 2.75) is 6.92 Å². The maximum atomic E-state index is 5.34. The van der Waals surface area contributed by atoms with E-state index in [1.165, 1.54) is 0 Å². The number of aryl methyl sites for hydroxylation is 1. The van der Waals surface area contributed by atoms with Crippen molar-refractivity contribution < 1.29 is 9.47 Å². The molecule has 3 heteroatoms. The van der Waals surface area contributed by atoms with Crippen molar-refractivity contribution in [2.24, 2.45) is 0 Å². The number of rotatable bonds is 1. The molecule has 0 fully saturated rings. The highest BCUT2D eigenvalue weighted by molar-refractivity contribution is 5.66. The van der Waals surface area contributed by atoms with Crippen LogP contribution in [0, 0.1) is 6.92 Å². The molecule has 0 N–H and O–H groups in total. The van der Waals surface area contributed by atoms with E-state index in [-0.39, 0.29) is 0 Å². The van der Waals surface area contributed by atoms with Crippen molar-refractivity contribution in [1.82, 2.24) is 4.98 Å². The number of hydrogen-bond acceptors (Lipinski definition) is 3. The molecule has 0 aliphatic carbocycles. The molecule has 2 heterocycles. The van der Waals surface area contributed by atoms with Gasteiger partial charge in [-0.3, -0.25) is 4.98 Å². The number of ether oxygens (including phenoxy) is 2. The average Bonchev–Trinajstić information content (AvgIpc) is 2.77. The predicted octanol–water partition coefficient (Wildman–Crippen LogP) is 2.79. The molecule has 3 nitrogen and oxygen atoms in total. The maximum absolute atomic E-state index is 5.34. The Morgan fingerprint density at radius 3 is 2.62 bits per heavy atom. The zero-order valence-corrected chi connectivity index (χ0v) is 8.93. The minimum atomic E-state index is 0.310. The van der Waals surface area contributed by atoms with Crippen LogP contribution in [0.15, 0.2) is 36.5 Å². The van der Waals surface area contributed by atoms with Crippen LogP contribution in [0.2, 0.25) is 0 Å². The van der Waals surface area contributed by atoms with Crippen LogP contribution in [0.4, 0.5) is 0 Å². The van der Waals surface area contributed by atoms with Crippen molar-refractivity contribution >= 4 is 0 Å². The third-order valence-corrected chi connectivity index (χ3v) is 2.62. The number of pyridine rings is 1. The van der Waals surface area contributed by atoms with Gasteiger partial charge in [0.25, 0.3) is 0 Å². The summed E-state index contributed by atoms with van der Waals surface area (Å²) >= 11 is 0. The van der Waals surface area contributed by atoms with Gasteiger partial charge < -0.3 is 9.47 Å². The van der Waals surface area contributed by atoms with Crippen LogP contribution < -0.4 is 9.47 Å². The zero-order valence-electron chi connectivity index (χ0n) is 8.93. The van der Waals surface area contributed by atoms with Gasteiger partial charge >= 0.3 is 0 Å². The van der Waals surface area contributed by atoms with E-state index in [9.17, 15) is 0 Å². The molecule has 0 saturated carbocycles. The highest BCUT2D eigenvalue weighted by Crippen LogP contribution is 2.35. The second-order valence-corrected chi connectivity index (χ2v) is 3.76. The molecule has 3 rings (SSSR count). The molecule has 0 amide bonds. The Morgan fingerprint density at radius 1 is 1.00 bits per heavy atom. The van der Waals surface area contributed by atoms with Gasteiger partial charge in [-0.15, -0.1) is 0 Å². The SMILES string of the molecule is Cc1ccc(-c2ccc3c(c2)OCO3)cn1. The summed E-state index contributed by atoms with van der Waals surface area (Å²) in [6, 6.07) is 9.98. The van der Waals surface area contributed by atoms with Gasteiger partial charge in [0, 0.05) is 17.5 Å². The third-order valence-electron chi connectivity index (χ3n) is 2.62. The first-order chi connectivity index (χ1) is 7.83. The number of fused-ring (bicyclic) bond motifs is 1. The van der Waals surface area contributed by atoms with Gasteiger partial charge in [-0.05, 0) is 30.7 Å².